The molecule has 0 spiro atoms. The quantitative estimate of drug-likeness (QED) is 0.285. The van der Waals surface area contributed by atoms with Crippen LogP contribution in [-0.2, 0) is 0 Å². The average Bonchev–Trinajstić information content (AvgIpc) is 3.29. The molecule has 186 valence electrons. The summed E-state index contributed by atoms with van der Waals surface area (Å²) in [4.78, 5) is 2.23. The smallest absolute Gasteiger partial charge is 0.123 e. The van der Waals surface area contributed by atoms with Gasteiger partial charge in [-0.15, -0.1) is 0 Å². The average molecular weight is 486 g/mol. The van der Waals surface area contributed by atoms with Gasteiger partial charge in [0.05, 0.1) is 12.1 Å². The van der Waals surface area contributed by atoms with E-state index in [4.69, 9.17) is 0 Å². The molecule has 3 aromatic rings. The second-order valence-electron chi connectivity index (χ2n) is 9.19. The van der Waals surface area contributed by atoms with Crippen LogP contribution in [0.5, 0.6) is 11.5 Å². The van der Waals surface area contributed by atoms with E-state index in [0.717, 1.165) is 41.8 Å². The number of hydrogen-bond acceptors (Lipinski definition) is 4. The van der Waals surface area contributed by atoms with Gasteiger partial charge in [0, 0.05) is 17.8 Å². The fourth-order valence-electron chi connectivity index (χ4n) is 5.15. The monoisotopic (exact) mass is 485 g/mol. The highest BCUT2D eigenvalue weighted by Crippen LogP contribution is 2.46. The molecule has 1 saturated heterocycles. The molecule has 5 heteroatoms. The molecule has 1 fully saturated rings. The molecular weight excluding hydrogens is 453 g/mol. The van der Waals surface area contributed by atoms with E-state index >= 15 is 0 Å². The van der Waals surface area contributed by atoms with Crippen LogP contribution in [0.2, 0.25) is 0 Å². The lowest BCUT2D eigenvalue weighted by atomic mass is 9.86. The van der Waals surface area contributed by atoms with E-state index in [2.05, 4.69) is 18.1 Å². The van der Waals surface area contributed by atoms with Crippen LogP contribution in [0, 0.1) is 11.7 Å². The van der Waals surface area contributed by atoms with Crippen LogP contribution in [0.3, 0.4) is 0 Å². The Balaban J connectivity index is 1.62. The number of phenols is 2. The first-order valence-corrected chi connectivity index (χ1v) is 12.2. The van der Waals surface area contributed by atoms with Crippen LogP contribution < -0.4 is 0 Å². The van der Waals surface area contributed by atoms with E-state index in [-0.39, 0.29) is 29.3 Å². The fraction of sp³-hybridized carbons (Fsp3) is 0.226. The van der Waals surface area contributed by atoms with Gasteiger partial charge in [0.25, 0.3) is 0 Å². The van der Waals surface area contributed by atoms with E-state index in [0.29, 0.717) is 12.0 Å². The lowest BCUT2D eigenvalue weighted by molar-refractivity contribution is 0.151. The third kappa shape index (κ3) is 5.52. The molecule has 4 rings (SSSR count). The molecule has 3 N–H and O–H groups in total. The number of aliphatic hydroxyl groups is 1. The molecular formula is C31H32FNO3. The van der Waals surface area contributed by atoms with Gasteiger partial charge in [-0.2, -0.15) is 0 Å². The lowest BCUT2D eigenvalue weighted by Gasteiger charge is -2.32. The largest absolute Gasteiger partial charge is 0.508 e. The van der Waals surface area contributed by atoms with Crippen molar-refractivity contribution in [2.24, 2.45) is 5.92 Å². The number of phenolic OH excluding ortho intramolecular Hbond substituents is 2. The third-order valence-electron chi connectivity index (χ3n) is 6.95. The second-order valence-corrected chi connectivity index (χ2v) is 9.19. The summed E-state index contributed by atoms with van der Waals surface area (Å²) in [5.41, 5.74) is 4.05. The van der Waals surface area contributed by atoms with Crippen LogP contribution in [0.4, 0.5) is 4.39 Å². The molecule has 0 aliphatic carbocycles. The van der Waals surface area contributed by atoms with E-state index in [1.54, 1.807) is 48.6 Å². The summed E-state index contributed by atoms with van der Waals surface area (Å²) >= 11 is 0. The summed E-state index contributed by atoms with van der Waals surface area (Å²) in [6, 6.07) is 18.4. The van der Waals surface area contributed by atoms with E-state index in [1.165, 1.54) is 12.1 Å². The van der Waals surface area contributed by atoms with E-state index in [9.17, 15) is 19.7 Å². The normalized spacial score (nSPS) is 18.7. The third-order valence-corrected chi connectivity index (χ3v) is 6.95. The molecule has 0 amide bonds. The van der Waals surface area contributed by atoms with Crippen molar-refractivity contribution in [3.63, 3.8) is 0 Å². The van der Waals surface area contributed by atoms with Gasteiger partial charge in [0.2, 0.25) is 0 Å². The molecule has 1 heterocycles. The molecule has 0 bridgehead atoms. The number of halogens is 1. The molecule has 3 unspecified atom stereocenters. The Morgan fingerprint density at radius 1 is 1.03 bits per heavy atom. The number of benzene rings is 3. The number of aromatic hydroxyl groups is 2. The number of hydrogen-bond donors (Lipinski definition) is 3. The van der Waals surface area contributed by atoms with Crippen molar-refractivity contribution in [2.75, 3.05) is 6.54 Å². The molecule has 0 radical (unpaired) electrons. The highest BCUT2D eigenvalue weighted by molar-refractivity contribution is 5.67. The molecule has 0 saturated carbocycles. The standard InChI is InChI=1S/C31H32FNO3/c1-3-6-26(4-2)33-18-17-22(12-16-29(35)21-9-13-25(32)14-10-21)31(33)28-15-11-24(20-30(28)36)23-7-5-8-27(34)19-23/h3-11,13-15,19-20,22,29,31,34-36H,1-2,12,16-18H2/b26-6+. The first-order chi connectivity index (χ1) is 17.4. The zero-order valence-electron chi connectivity index (χ0n) is 20.2. The topological polar surface area (TPSA) is 63.9 Å². The summed E-state index contributed by atoms with van der Waals surface area (Å²) in [6.45, 7) is 8.57. The molecule has 1 aliphatic rings. The number of likely N-dealkylation sites (tertiary alicyclic amines) is 1. The van der Waals surface area contributed by atoms with Crippen molar-refractivity contribution in [1.82, 2.24) is 4.90 Å². The Kier molecular flexibility index (Phi) is 7.91. The second kappa shape index (κ2) is 11.3. The van der Waals surface area contributed by atoms with Gasteiger partial charge >= 0.3 is 0 Å². The van der Waals surface area contributed by atoms with Crippen molar-refractivity contribution in [1.29, 1.82) is 0 Å². The van der Waals surface area contributed by atoms with Crippen LogP contribution >= 0.6 is 0 Å². The summed E-state index contributed by atoms with van der Waals surface area (Å²) < 4.78 is 13.3. The van der Waals surface area contributed by atoms with Crippen LogP contribution in [-0.4, -0.2) is 26.8 Å². The van der Waals surface area contributed by atoms with Crippen LogP contribution in [0.1, 0.15) is 42.5 Å². The maximum atomic E-state index is 13.3. The van der Waals surface area contributed by atoms with Gasteiger partial charge < -0.3 is 20.2 Å². The molecule has 3 aromatic carbocycles. The van der Waals surface area contributed by atoms with Crippen molar-refractivity contribution in [3.05, 3.63) is 121 Å². The Bertz CT molecular complexity index is 1250. The minimum atomic E-state index is -0.690. The van der Waals surface area contributed by atoms with Gasteiger partial charge in [-0.05, 0) is 84.4 Å². The Morgan fingerprint density at radius 3 is 2.44 bits per heavy atom. The van der Waals surface area contributed by atoms with Crippen molar-refractivity contribution in [2.45, 2.75) is 31.4 Å². The predicted molar refractivity (Wildman–Crippen MR) is 142 cm³/mol. The highest BCUT2D eigenvalue weighted by Gasteiger charge is 2.37. The SMILES string of the molecule is C=C/C=C(\C=C)N1CCC(CCC(O)c2ccc(F)cc2)C1c1ccc(-c2cccc(O)c2)cc1O. The fourth-order valence-corrected chi connectivity index (χ4v) is 5.15. The molecule has 0 aromatic heterocycles. The number of allylic oxidation sites excluding steroid dienone is 3. The number of nitrogens with zero attached hydrogens (tertiary/aromatic N) is 1. The predicted octanol–water partition coefficient (Wildman–Crippen LogP) is 7.04. The van der Waals surface area contributed by atoms with Gasteiger partial charge in [-0.25, -0.2) is 4.39 Å². The Hall–Kier alpha value is -3.83. The van der Waals surface area contributed by atoms with Gasteiger partial charge in [-0.1, -0.05) is 55.6 Å². The van der Waals surface area contributed by atoms with Gasteiger partial charge in [0.15, 0.2) is 0 Å². The molecule has 3 atom stereocenters. The highest BCUT2D eigenvalue weighted by atomic mass is 19.1. The van der Waals surface area contributed by atoms with Crippen LogP contribution in [0.25, 0.3) is 11.1 Å². The van der Waals surface area contributed by atoms with Crippen molar-refractivity contribution in [3.8, 4) is 22.6 Å². The van der Waals surface area contributed by atoms with Crippen molar-refractivity contribution < 1.29 is 19.7 Å². The summed E-state index contributed by atoms with van der Waals surface area (Å²) in [7, 11) is 0. The molecule has 1 aliphatic heterocycles. The Morgan fingerprint density at radius 2 is 1.78 bits per heavy atom. The first kappa shape index (κ1) is 25.3. The van der Waals surface area contributed by atoms with E-state index in [1.807, 2.05) is 24.3 Å². The first-order valence-electron chi connectivity index (χ1n) is 12.2. The zero-order valence-corrected chi connectivity index (χ0v) is 20.2. The zero-order chi connectivity index (χ0) is 25.7. The van der Waals surface area contributed by atoms with Gasteiger partial charge in [-0.3, -0.25) is 0 Å². The summed E-state index contributed by atoms with van der Waals surface area (Å²) in [5.74, 6) is 0.195. The lowest BCUT2D eigenvalue weighted by Crippen LogP contribution is -2.25. The van der Waals surface area contributed by atoms with E-state index < -0.39 is 6.10 Å². The summed E-state index contributed by atoms with van der Waals surface area (Å²) in [6.07, 6.45) is 6.88. The minimum absolute atomic E-state index is 0.118. The Labute approximate surface area is 212 Å². The summed E-state index contributed by atoms with van der Waals surface area (Å²) in [5, 5.41) is 31.7. The van der Waals surface area contributed by atoms with Crippen LogP contribution in [0.15, 0.2) is 104 Å². The number of rotatable bonds is 9. The minimum Gasteiger partial charge on any atom is -0.508 e. The molecule has 36 heavy (non-hydrogen) atoms. The van der Waals surface area contributed by atoms with Crippen molar-refractivity contribution >= 4 is 0 Å². The number of aliphatic hydroxyl groups excluding tert-OH is 1. The maximum Gasteiger partial charge on any atom is 0.123 e. The maximum absolute atomic E-state index is 13.3. The van der Waals surface area contributed by atoms with Gasteiger partial charge in [0.1, 0.15) is 17.3 Å². The molecule has 4 nitrogen and oxygen atoms in total.